The van der Waals surface area contributed by atoms with Crippen molar-refractivity contribution in [1.29, 1.82) is 0 Å². The van der Waals surface area contributed by atoms with Crippen LogP contribution in [0.2, 0.25) is 5.02 Å². The van der Waals surface area contributed by atoms with Gasteiger partial charge in [-0.3, -0.25) is 4.79 Å². The van der Waals surface area contributed by atoms with Gasteiger partial charge in [0.25, 0.3) is 0 Å². The molecule has 6 nitrogen and oxygen atoms in total. The van der Waals surface area contributed by atoms with Crippen LogP contribution in [0.15, 0.2) is 23.1 Å². The highest BCUT2D eigenvalue weighted by atomic mass is 35.5. The maximum atomic E-state index is 12.9. The summed E-state index contributed by atoms with van der Waals surface area (Å²) >= 11 is 6.07. The molecule has 0 spiro atoms. The van der Waals surface area contributed by atoms with E-state index >= 15 is 0 Å². The average Bonchev–Trinajstić information content (AvgIpc) is 2.61. The van der Waals surface area contributed by atoms with E-state index in [1.807, 2.05) is 6.92 Å². The van der Waals surface area contributed by atoms with E-state index in [9.17, 15) is 13.2 Å². The van der Waals surface area contributed by atoms with Gasteiger partial charge >= 0.3 is 0 Å². The lowest BCUT2D eigenvalue weighted by Crippen LogP contribution is -2.47. The normalized spacial score (nSPS) is 19.8. The number of sulfonamides is 1. The van der Waals surface area contributed by atoms with Crippen LogP contribution in [0.5, 0.6) is 5.75 Å². The Kier molecular flexibility index (Phi) is 7.32. The van der Waals surface area contributed by atoms with Crippen LogP contribution in [-0.2, 0) is 14.8 Å². The highest BCUT2D eigenvalue weighted by Gasteiger charge is 2.33. The lowest BCUT2D eigenvalue weighted by atomic mass is 9.98. The number of rotatable bonds is 7. The van der Waals surface area contributed by atoms with E-state index in [-0.39, 0.29) is 34.3 Å². The minimum absolute atomic E-state index is 0.0707. The van der Waals surface area contributed by atoms with Crippen LogP contribution in [0, 0.1) is 5.92 Å². The molecule has 8 heteroatoms. The van der Waals surface area contributed by atoms with Crippen molar-refractivity contribution >= 4 is 27.5 Å². The molecule has 1 heterocycles. The summed E-state index contributed by atoms with van der Waals surface area (Å²) in [7, 11) is -2.23. The van der Waals surface area contributed by atoms with Crippen LogP contribution in [-0.4, -0.2) is 44.9 Å². The molecule has 26 heavy (non-hydrogen) atoms. The van der Waals surface area contributed by atoms with E-state index in [1.54, 1.807) is 0 Å². The quantitative estimate of drug-likeness (QED) is 0.760. The summed E-state index contributed by atoms with van der Waals surface area (Å²) in [6.07, 6.45) is 3.25. The monoisotopic (exact) mass is 402 g/mol. The number of ether oxygens (including phenoxy) is 1. The number of amides is 1. The molecule has 0 saturated carbocycles. The Balaban J connectivity index is 2.12. The van der Waals surface area contributed by atoms with Crippen molar-refractivity contribution in [2.45, 2.75) is 50.5 Å². The van der Waals surface area contributed by atoms with Gasteiger partial charge in [0.2, 0.25) is 15.9 Å². The summed E-state index contributed by atoms with van der Waals surface area (Å²) < 4.78 is 32.3. The van der Waals surface area contributed by atoms with Gasteiger partial charge < -0.3 is 10.1 Å². The van der Waals surface area contributed by atoms with Crippen LogP contribution >= 0.6 is 11.6 Å². The summed E-state index contributed by atoms with van der Waals surface area (Å²) in [6.45, 7) is 4.63. The minimum Gasteiger partial charge on any atom is -0.495 e. The van der Waals surface area contributed by atoms with E-state index in [1.165, 1.54) is 29.6 Å². The van der Waals surface area contributed by atoms with E-state index in [0.29, 0.717) is 25.1 Å². The number of carbonyl (C=O) groups excluding carboxylic acids is 1. The minimum atomic E-state index is -3.70. The Labute approximate surface area is 160 Å². The molecule has 0 aromatic heterocycles. The molecule has 1 aliphatic heterocycles. The van der Waals surface area contributed by atoms with Gasteiger partial charge in [-0.1, -0.05) is 24.9 Å². The van der Waals surface area contributed by atoms with E-state index in [0.717, 1.165) is 12.8 Å². The molecule has 2 rings (SSSR count). The maximum absolute atomic E-state index is 12.9. The SMILES string of the molecule is CCC[C@H](C)NC(=O)[C@H]1CCCN(S(=O)(=O)c2ccc(OC)c(Cl)c2)C1. The van der Waals surface area contributed by atoms with E-state index in [4.69, 9.17) is 16.3 Å². The van der Waals surface area contributed by atoms with Crippen molar-refractivity contribution in [2.24, 2.45) is 5.92 Å². The number of piperidine rings is 1. The average molecular weight is 403 g/mol. The molecule has 146 valence electrons. The molecule has 1 saturated heterocycles. The number of nitrogens with zero attached hydrogens (tertiary/aromatic N) is 1. The van der Waals surface area contributed by atoms with Gasteiger partial charge in [0.15, 0.2) is 0 Å². The summed E-state index contributed by atoms with van der Waals surface area (Å²) in [5.41, 5.74) is 0. The first kappa shape index (κ1) is 21.0. The highest BCUT2D eigenvalue weighted by molar-refractivity contribution is 7.89. The first-order chi connectivity index (χ1) is 12.3. The maximum Gasteiger partial charge on any atom is 0.243 e. The smallest absolute Gasteiger partial charge is 0.243 e. The van der Waals surface area contributed by atoms with Crippen molar-refractivity contribution in [2.75, 3.05) is 20.2 Å². The molecule has 0 aliphatic carbocycles. The van der Waals surface area contributed by atoms with E-state index in [2.05, 4.69) is 12.2 Å². The lowest BCUT2D eigenvalue weighted by Gasteiger charge is -2.32. The van der Waals surface area contributed by atoms with Gasteiger partial charge in [0.1, 0.15) is 5.75 Å². The Hall–Kier alpha value is -1.31. The third kappa shape index (κ3) is 4.90. The van der Waals surface area contributed by atoms with Gasteiger partial charge in [0.05, 0.1) is 22.9 Å². The van der Waals surface area contributed by atoms with Gasteiger partial charge in [0, 0.05) is 19.1 Å². The topological polar surface area (TPSA) is 75.7 Å². The molecule has 1 aliphatic rings. The highest BCUT2D eigenvalue weighted by Crippen LogP contribution is 2.30. The predicted molar refractivity (Wildman–Crippen MR) is 102 cm³/mol. The van der Waals surface area contributed by atoms with Gasteiger partial charge in [-0.05, 0) is 44.4 Å². The first-order valence-electron chi connectivity index (χ1n) is 8.93. The fourth-order valence-corrected chi connectivity index (χ4v) is 5.07. The Morgan fingerprint density at radius 1 is 1.46 bits per heavy atom. The third-order valence-electron chi connectivity index (χ3n) is 4.63. The summed E-state index contributed by atoms with van der Waals surface area (Å²) in [5.74, 6) is 0.0246. The molecule has 0 unspecified atom stereocenters. The lowest BCUT2D eigenvalue weighted by molar-refractivity contribution is -0.126. The predicted octanol–water partition coefficient (Wildman–Crippen LogP) is 3.05. The largest absolute Gasteiger partial charge is 0.495 e. The number of hydrogen-bond donors (Lipinski definition) is 1. The number of methoxy groups -OCH3 is 1. The number of benzene rings is 1. The molecule has 2 atom stereocenters. The van der Waals surface area contributed by atoms with Gasteiger partial charge in [-0.15, -0.1) is 0 Å². The zero-order valence-electron chi connectivity index (χ0n) is 15.5. The summed E-state index contributed by atoms with van der Waals surface area (Å²) in [4.78, 5) is 12.6. The van der Waals surface area contributed by atoms with Crippen LogP contribution in [0.25, 0.3) is 0 Å². The summed E-state index contributed by atoms with van der Waals surface area (Å²) in [5, 5.41) is 3.23. The Bertz CT molecular complexity index is 739. The molecule has 0 radical (unpaired) electrons. The second-order valence-corrected chi connectivity index (χ2v) is 9.04. The summed E-state index contributed by atoms with van der Waals surface area (Å²) in [6, 6.07) is 4.51. The molecule has 0 bridgehead atoms. The van der Waals surface area contributed by atoms with Crippen molar-refractivity contribution in [3.8, 4) is 5.75 Å². The number of halogens is 1. The molecule has 1 amide bonds. The van der Waals surface area contributed by atoms with E-state index < -0.39 is 10.0 Å². The second kappa shape index (κ2) is 9.06. The fraction of sp³-hybridized carbons (Fsp3) is 0.611. The fourth-order valence-electron chi connectivity index (χ4n) is 3.20. The van der Waals surface area contributed by atoms with Crippen LogP contribution < -0.4 is 10.1 Å². The van der Waals surface area contributed by atoms with Crippen LogP contribution in [0.3, 0.4) is 0 Å². The zero-order valence-corrected chi connectivity index (χ0v) is 17.1. The van der Waals surface area contributed by atoms with Crippen molar-refractivity contribution in [3.05, 3.63) is 23.2 Å². The third-order valence-corrected chi connectivity index (χ3v) is 6.78. The van der Waals surface area contributed by atoms with Crippen LogP contribution in [0.4, 0.5) is 0 Å². The number of carbonyl (C=O) groups is 1. The number of nitrogens with one attached hydrogen (secondary N) is 1. The van der Waals surface area contributed by atoms with Crippen LogP contribution in [0.1, 0.15) is 39.5 Å². The first-order valence-corrected chi connectivity index (χ1v) is 10.8. The molecule has 1 fully saturated rings. The Morgan fingerprint density at radius 2 is 2.19 bits per heavy atom. The van der Waals surface area contributed by atoms with Crippen molar-refractivity contribution in [3.63, 3.8) is 0 Å². The molecule has 1 aromatic rings. The van der Waals surface area contributed by atoms with Gasteiger partial charge in [-0.2, -0.15) is 4.31 Å². The van der Waals surface area contributed by atoms with Crippen molar-refractivity contribution < 1.29 is 17.9 Å². The Morgan fingerprint density at radius 3 is 2.81 bits per heavy atom. The second-order valence-electron chi connectivity index (χ2n) is 6.70. The van der Waals surface area contributed by atoms with Crippen molar-refractivity contribution in [1.82, 2.24) is 9.62 Å². The number of hydrogen-bond acceptors (Lipinski definition) is 4. The molecular formula is C18H27ClN2O4S. The standard InChI is InChI=1S/C18H27ClN2O4S/c1-4-6-13(2)20-18(22)14-7-5-10-21(12-14)26(23,24)15-8-9-17(25-3)16(19)11-15/h8-9,11,13-14H,4-7,10,12H2,1-3H3,(H,20,22)/t13-,14-/m0/s1. The zero-order chi connectivity index (χ0) is 19.3. The molecular weight excluding hydrogens is 376 g/mol. The molecule has 1 aromatic carbocycles. The van der Waals surface area contributed by atoms with Gasteiger partial charge in [-0.25, -0.2) is 8.42 Å². The molecule has 1 N–H and O–H groups in total.